The van der Waals surface area contributed by atoms with Crippen molar-refractivity contribution in [2.75, 3.05) is 19.6 Å². The first-order valence-electron chi connectivity index (χ1n) is 6.51. The second kappa shape index (κ2) is 7.32. The fourth-order valence-electron chi connectivity index (χ4n) is 2.41. The maximum absolute atomic E-state index is 13.6. The molecule has 22 heavy (non-hydrogen) atoms. The van der Waals surface area contributed by atoms with Gasteiger partial charge in [-0.2, -0.15) is 8.70 Å². The predicted octanol–water partition coefficient (Wildman–Crippen LogP) is 1.52. The molecule has 124 valence electrons. The maximum Gasteiger partial charge on any atom is 0.324 e. The lowest BCUT2D eigenvalue weighted by atomic mass is 9.99. The van der Waals surface area contributed by atoms with Gasteiger partial charge in [0.25, 0.3) is 0 Å². The van der Waals surface area contributed by atoms with Gasteiger partial charge < -0.3 is 5.73 Å². The van der Waals surface area contributed by atoms with E-state index in [1.807, 2.05) is 0 Å². The Morgan fingerprint density at radius 3 is 2.45 bits per heavy atom. The molecular weight excluding hydrogens is 337 g/mol. The fourth-order valence-corrected chi connectivity index (χ4v) is 4.04. The fraction of sp³-hybridized carbons (Fsp3) is 0.500. The Kier molecular flexibility index (Phi) is 6.24. The van der Waals surface area contributed by atoms with E-state index < -0.39 is 31.3 Å². The number of nitrogens with two attached hydrogens (primary N) is 1. The first-order valence-corrected chi connectivity index (χ1v) is 7.95. The van der Waals surface area contributed by atoms with E-state index in [9.17, 15) is 22.9 Å². The van der Waals surface area contributed by atoms with Crippen LogP contribution in [0.25, 0.3) is 0 Å². The number of para-hydroxylation sites is 1. The minimum atomic E-state index is -4.08. The van der Waals surface area contributed by atoms with Crippen molar-refractivity contribution < 1.29 is 17.7 Å². The zero-order valence-electron chi connectivity index (χ0n) is 11.6. The van der Waals surface area contributed by atoms with Gasteiger partial charge in [0.15, 0.2) is 4.90 Å². The SMILES string of the molecule is Cl.NCC1CCN(S(=O)(=O)c2cccc(F)c2[N+](=O)[O-])CC1. The number of sulfonamides is 1. The number of hydrogen-bond donors (Lipinski definition) is 1. The molecule has 0 aromatic heterocycles. The summed E-state index contributed by atoms with van der Waals surface area (Å²) in [5, 5.41) is 10.9. The molecule has 7 nitrogen and oxygen atoms in total. The highest BCUT2D eigenvalue weighted by Gasteiger charge is 2.35. The van der Waals surface area contributed by atoms with Gasteiger partial charge in [-0.25, -0.2) is 8.42 Å². The van der Waals surface area contributed by atoms with Gasteiger partial charge in [-0.3, -0.25) is 10.1 Å². The molecule has 1 aromatic rings. The molecule has 0 unspecified atom stereocenters. The van der Waals surface area contributed by atoms with Crippen molar-refractivity contribution in [2.45, 2.75) is 17.7 Å². The summed E-state index contributed by atoms with van der Waals surface area (Å²) in [4.78, 5) is 9.33. The van der Waals surface area contributed by atoms with Crippen molar-refractivity contribution in [3.8, 4) is 0 Å². The van der Waals surface area contributed by atoms with E-state index in [0.717, 1.165) is 22.5 Å². The molecule has 1 fully saturated rings. The van der Waals surface area contributed by atoms with Gasteiger partial charge >= 0.3 is 5.69 Å². The van der Waals surface area contributed by atoms with Crippen LogP contribution in [0.2, 0.25) is 0 Å². The third kappa shape index (κ3) is 3.54. The second-order valence-corrected chi connectivity index (χ2v) is 6.83. The Bertz CT molecular complexity index is 648. The van der Waals surface area contributed by atoms with Crippen LogP contribution in [0.1, 0.15) is 12.8 Å². The van der Waals surface area contributed by atoms with Crippen molar-refractivity contribution in [2.24, 2.45) is 11.7 Å². The molecule has 1 aromatic carbocycles. The zero-order chi connectivity index (χ0) is 15.6. The molecular formula is C12H17ClFN3O4S. The first-order chi connectivity index (χ1) is 9.87. The number of nitrogens with zero attached hydrogens (tertiary/aromatic N) is 2. The smallest absolute Gasteiger partial charge is 0.324 e. The summed E-state index contributed by atoms with van der Waals surface area (Å²) >= 11 is 0. The van der Waals surface area contributed by atoms with Crippen LogP contribution in [-0.4, -0.2) is 37.3 Å². The van der Waals surface area contributed by atoms with Crippen LogP contribution in [0.3, 0.4) is 0 Å². The highest BCUT2D eigenvalue weighted by molar-refractivity contribution is 7.89. The molecule has 0 amide bonds. The number of nitro benzene ring substituents is 1. The molecule has 0 atom stereocenters. The van der Waals surface area contributed by atoms with E-state index in [4.69, 9.17) is 5.73 Å². The number of halogens is 2. The highest BCUT2D eigenvalue weighted by Crippen LogP contribution is 2.31. The summed E-state index contributed by atoms with van der Waals surface area (Å²) in [6, 6.07) is 3.09. The monoisotopic (exact) mass is 353 g/mol. The van der Waals surface area contributed by atoms with Crippen LogP contribution >= 0.6 is 12.4 Å². The van der Waals surface area contributed by atoms with Gasteiger partial charge in [0.05, 0.1) is 4.92 Å². The summed E-state index contributed by atoms with van der Waals surface area (Å²) in [6.45, 7) is 0.948. The topological polar surface area (TPSA) is 107 Å². The average Bonchev–Trinajstić information content (AvgIpc) is 2.46. The lowest BCUT2D eigenvalue weighted by Gasteiger charge is -2.30. The summed E-state index contributed by atoms with van der Waals surface area (Å²) in [5.41, 5.74) is 4.54. The van der Waals surface area contributed by atoms with Crippen molar-refractivity contribution in [3.63, 3.8) is 0 Å². The molecule has 0 aliphatic carbocycles. The quantitative estimate of drug-likeness (QED) is 0.652. The minimum Gasteiger partial charge on any atom is -0.330 e. The molecule has 1 saturated heterocycles. The van der Waals surface area contributed by atoms with E-state index >= 15 is 0 Å². The maximum atomic E-state index is 13.6. The molecule has 2 rings (SSSR count). The highest BCUT2D eigenvalue weighted by atomic mass is 35.5. The number of rotatable bonds is 4. The van der Waals surface area contributed by atoms with Gasteiger partial charge in [-0.15, -0.1) is 12.4 Å². The van der Waals surface area contributed by atoms with Crippen molar-refractivity contribution in [1.29, 1.82) is 0 Å². The molecule has 10 heteroatoms. The molecule has 1 aliphatic rings. The zero-order valence-corrected chi connectivity index (χ0v) is 13.3. The average molecular weight is 354 g/mol. The van der Waals surface area contributed by atoms with Gasteiger partial charge in [0.1, 0.15) is 0 Å². The molecule has 0 spiro atoms. The number of piperidine rings is 1. The summed E-state index contributed by atoms with van der Waals surface area (Å²) in [5.74, 6) is -0.906. The van der Waals surface area contributed by atoms with Gasteiger partial charge in [-0.05, 0) is 37.4 Å². The molecule has 2 N–H and O–H groups in total. The summed E-state index contributed by atoms with van der Waals surface area (Å²) in [6.07, 6.45) is 1.19. The number of hydrogen-bond acceptors (Lipinski definition) is 5. The van der Waals surface area contributed by atoms with Crippen LogP contribution in [0.4, 0.5) is 10.1 Å². The lowest BCUT2D eigenvalue weighted by molar-refractivity contribution is -0.390. The van der Waals surface area contributed by atoms with Crippen LogP contribution in [0.5, 0.6) is 0 Å². The van der Waals surface area contributed by atoms with Gasteiger partial charge in [-0.1, -0.05) is 6.07 Å². The molecule has 0 bridgehead atoms. The van der Waals surface area contributed by atoms with E-state index in [-0.39, 0.29) is 31.4 Å². The number of benzene rings is 1. The Labute approximate surface area is 133 Å². The summed E-state index contributed by atoms with van der Waals surface area (Å²) < 4.78 is 39.7. The van der Waals surface area contributed by atoms with Crippen LogP contribution in [0, 0.1) is 21.8 Å². The van der Waals surface area contributed by atoms with Crippen molar-refractivity contribution >= 4 is 28.1 Å². The lowest BCUT2D eigenvalue weighted by Crippen LogP contribution is -2.40. The van der Waals surface area contributed by atoms with E-state index in [0.29, 0.717) is 19.4 Å². The molecule has 1 heterocycles. The minimum absolute atomic E-state index is 0. The van der Waals surface area contributed by atoms with Crippen molar-refractivity contribution in [3.05, 3.63) is 34.1 Å². The Balaban J connectivity index is 0.00000242. The predicted molar refractivity (Wildman–Crippen MR) is 80.8 cm³/mol. The van der Waals surface area contributed by atoms with Crippen LogP contribution < -0.4 is 5.73 Å². The standard InChI is InChI=1S/C12H16FN3O4S.ClH/c13-10-2-1-3-11(12(10)16(17)18)21(19,20)15-6-4-9(8-14)5-7-15;/h1-3,9H,4-8,14H2;1H. The number of nitro groups is 1. The molecule has 1 aliphatic heterocycles. The van der Waals surface area contributed by atoms with Gasteiger partial charge in [0, 0.05) is 13.1 Å². The third-order valence-corrected chi connectivity index (χ3v) is 5.59. The molecule has 0 saturated carbocycles. The first kappa shape index (κ1) is 18.8. The van der Waals surface area contributed by atoms with Crippen molar-refractivity contribution in [1.82, 2.24) is 4.31 Å². The van der Waals surface area contributed by atoms with E-state index in [2.05, 4.69) is 0 Å². The van der Waals surface area contributed by atoms with Crippen LogP contribution in [-0.2, 0) is 10.0 Å². The van der Waals surface area contributed by atoms with E-state index in [1.165, 1.54) is 0 Å². The third-order valence-electron chi connectivity index (χ3n) is 3.66. The van der Waals surface area contributed by atoms with E-state index in [1.54, 1.807) is 0 Å². The van der Waals surface area contributed by atoms with Crippen LogP contribution in [0.15, 0.2) is 23.1 Å². The normalized spacial score (nSPS) is 17.0. The Morgan fingerprint density at radius 1 is 1.36 bits per heavy atom. The second-order valence-electron chi connectivity index (χ2n) is 4.93. The molecule has 0 radical (unpaired) electrons. The van der Waals surface area contributed by atoms with Gasteiger partial charge in [0.2, 0.25) is 15.8 Å². The Morgan fingerprint density at radius 2 is 1.95 bits per heavy atom. The largest absolute Gasteiger partial charge is 0.330 e. The summed E-state index contributed by atoms with van der Waals surface area (Å²) in [7, 11) is -4.08. The Hall–Kier alpha value is -1.29.